The maximum absolute atomic E-state index is 5.82. The van der Waals surface area contributed by atoms with Crippen LogP contribution in [0.5, 0.6) is 0 Å². The molecule has 0 fully saturated rings. The van der Waals surface area contributed by atoms with Gasteiger partial charge in [-0.05, 0) is 19.1 Å². The summed E-state index contributed by atoms with van der Waals surface area (Å²) in [6.45, 7) is 2.65. The van der Waals surface area contributed by atoms with E-state index in [0.29, 0.717) is 6.54 Å². The van der Waals surface area contributed by atoms with Crippen LogP contribution in [0.4, 0.5) is 0 Å². The van der Waals surface area contributed by atoms with Crippen LogP contribution in [0.25, 0.3) is 0 Å². The molecule has 2 aromatic heterocycles. The number of nitrogens with two attached hydrogens (primary N) is 1. The first-order valence-corrected chi connectivity index (χ1v) is 4.57. The summed E-state index contributed by atoms with van der Waals surface area (Å²) in [5, 5.41) is 3.66. The van der Waals surface area contributed by atoms with Crippen LogP contribution in [0.1, 0.15) is 24.4 Å². The van der Waals surface area contributed by atoms with Crippen LogP contribution in [0.3, 0.4) is 0 Å². The van der Waals surface area contributed by atoms with Gasteiger partial charge in [-0.1, -0.05) is 5.16 Å². The zero-order valence-corrected chi connectivity index (χ0v) is 8.05. The van der Waals surface area contributed by atoms with E-state index in [1.807, 2.05) is 31.3 Å². The van der Waals surface area contributed by atoms with Crippen molar-refractivity contribution in [3.05, 3.63) is 42.0 Å². The van der Waals surface area contributed by atoms with E-state index >= 15 is 0 Å². The lowest BCUT2D eigenvalue weighted by molar-refractivity contribution is 0.374. The van der Waals surface area contributed by atoms with Gasteiger partial charge in [-0.2, -0.15) is 0 Å². The summed E-state index contributed by atoms with van der Waals surface area (Å²) in [6, 6.07) is 5.88. The molecule has 1 atom stereocenters. The fourth-order valence-electron chi connectivity index (χ4n) is 1.48. The summed E-state index contributed by atoms with van der Waals surface area (Å²) < 4.78 is 7.09. The highest BCUT2D eigenvalue weighted by molar-refractivity contribution is 5.12. The van der Waals surface area contributed by atoms with E-state index in [0.717, 1.165) is 11.5 Å². The van der Waals surface area contributed by atoms with Gasteiger partial charge in [-0.15, -0.1) is 0 Å². The van der Waals surface area contributed by atoms with Crippen molar-refractivity contribution >= 4 is 0 Å². The Labute approximate surface area is 82.3 Å². The van der Waals surface area contributed by atoms with E-state index in [9.17, 15) is 0 Å². The lowest BCUT2D eigenvalue weighted by Crippen LogP contribution is -2.12. The average molecular weight is 191 g/mol. The topological polar surface area (TPSA) is 57.0 Å². The van der Waals surface area contributed by atoms with Crippen molar-refractivity contribution in [2.75, 3.05) is 0 Å². The van der Waals surface area contributed by atoms with Gasteiger partial charge in [0.05, 0.1) is 12.7 Å². The molecule has 74 valence electrons. The Kier molecular flexibility index (Phi) is 2.37. The molecule has 2 aromatic rings. The van der Waals surface area contributed by atoms with E-state index in [1.165, 1.54) is 0 Å². The molecule has 0 bridgehead atoms. The fraction of sp³-hybridized carbons (Fsp3) is 0.300. The minimum Gasteiger partial charge on any atom is -0.359 e. The van der Waals surface area contributed by atoms with Crippen molar-refractivity contribution < 1.29 is 4.52 Å². The first-order chi connectivity index (χ1) is 6.77. The van der Waals surface area contributed by atoms with Crippen molar-refractivity contribution in [1.82, 2.24) is 9.72 Å². The third-order valence-corrected chi connectivity index (χ3v) is 2.15. The molecule has 0 aromatic carbocycles. The molecule has 0 aliphatic carbocycles. The van der Waals surface area contributed by atoms with Crippen LogP contribution in [0.15, 0.2) is 35.1 Å². The second-order valence-corrected chi connectivity index (χ2v) is 3.33. The minimum atomic E-state index is 0.0351. The van der Waals surface area contributed by atoms with E-state index in [-0.39, 0.29) is 6.04 Å². The highest BCUT2D eigenvalue weighted by atomic mass is 16.5. The molecule has 2 N–H and O–H groups in total. The minimum absolute atomic E-state index is 0.0351. The Balaban J connectivity index is 2.21. The van der Waals surface area contributed by atoms with Gasteiger partial charge in [-0.25, -0.2) is 0 Å². The van der Waals surface area contributed by atoms with Gasteiger partial charge in [0.15, 0.2) is 5.76 Å². The summed E-state index contributed by atoms with van der Waals surface area (Å²) in [6.07, 6.45) is 3.63. The predicted molar refractivity (Wildman–Crippen MR) is 52.6 cm³/mol. The molecule has 0 saturated carbocycles. The van der Waals surface area contributed by atoms with Gasteiger partial charge in [-0.3, -0.25) is 0 Å². The van der Waals surface area contributed by atoms with Gasteiger partial charge in [0.25, 0.3) is 0 Å². The fourth-order valence-corrected chi connectivity index (χ4v) is 1.48. The summed E-state index contributed by atoms with van der Waals surface area (Å²) >= 11 is 0. The molecule has 1 unspecified atom stereocenters. The van der Waals surface area contributed by atoms with Crippen LogP contribution in [-0.2, 0) is 6.54 Å². The standard InChI is InChI=1S/C10H13N3O/c1-8(11)10-3-2-6-13(10)7-9-4-5-12-14-9/h2-6,8H,7,11H2,1H3. The lowest BCUT2D eigenvalue weighted by Gasteiger charge is -2.09. The molecule has 2 rings (SSSR count). The SMILES string of the molecule is CC(N)c1cccn1Cc1ccno1. The van der Waals surface area contributed by atoms with Crippen LogP contribution in [-0.4, -0.2) is 9.72 Å². The van der Waals surface area contributed by atoms with Crippen molar-refractivity contribution in [3.63, 3.8) is 0 Å². The predicted octanol–water partition coefficient (Wildman–Crippen LogP) is 1.54. The number of nitrogens with zero attached hydrogens (tertiary/aromatic N) is 2. The van der Waals surface area contributed by atoms with Gasteiger partial charge < -0.3 is 14.8 Å². The second kappa shape index (κ2) is 3.67. The quantitative estimate of drug-likeness (QED) is 0.800. The number of aromatic nitrogens is 2. The van der Waals surface area contributed by atoms with E-state index in [1.54, 1.807) is 6.20 Å². The average Bonchev–Trinajstić information content (AvgIpc) is 2.75. The normalized spacial score (nSPS) is 13.0. The highest BCUT2D eigenvalue weighted by Gasteiger charge is 2.06. The summed E-state index contributed by atoms with van der Waals surface area (Å²) in [5.74, 6) is 0.836. The maximum atomic E-state index is 5.82. The molecular formula is C10H13N3O. The Morgan fingerprint density at radius 2 is 2.43 bits per heavy atom. The van der Waals surface area contributed by atoms with Crippen LogP contribution in [0, 0.1) is 0 Å². The lowest BCUT2D eigenvalue weighted by atomic mass is 10.2. The Bertz CT molecular complexity index is 389. The molecule has 2 heterocycles. The summed E-state index contributed by atoms with van der Waals surface area (Å²) in [7, 11) is 0. The van der Waals surface area contributed by atoms with E-state index in [2.05, 4.69) is 9.72 Å². The monoisotopic (exact) mass is 191 g/mol. The zero-order valence-electron chi connectivity index (χ0n) is 8.05. The van der Waals surface area contributed by atoms with Crippen molar-refractivity contribution in [2.45, 2.75) is 19.5 Å². The number of rotatable bonds is 3. The van der Waals surface area contributed by atoms with Crippen molar-refractivity contribution in [2.24, 2.45) is 5.73 Å². The summed E-state index contributed by atoms with van der Waals surface area (Å²) in [5.41, 5.74) is 6.92. The molecule has 0 aliphatic heterocycles. The van der Waals surface area contributed by atoms with Gasteiger partial charge in [0.1, 0.15) is 0 Å². The highest BCUT2D eigenvalue weighted by Crippen LogP contribution is 2.12. The number of hydrogen-bond donors (Lipinski definition) is 1. The zero-order chi connectivity index (χ0) is 9.97. The molecular weight excluding hydrogens is 178 g/mol. The first kappa shape index (κ1) is 9.02. The van der Waals surface area contributed by atoms with Crippen molar-refractivity contribution in [1.29, 1.82) is 0 Å². The third-order valence-electron chi connectivity index (χ3n) is 2.15. The third kappa shape index (κ3) is 1.70. The molecule has 0 aliphatic rings. The van der Waals surface area contributed by atoms with Gasteiger partial charge in [0.2, 0.25) is 0 Å². The Hall–Kier alpha value is -1.55. The summed E-state index contributed by atoms with van der Waals surface area (Å²) in [4.78, 5) is 0. The molecule has 0 radical (unpaired) electrons. The van der Waals surface area contributed by atoms with Gasteiger partial charge >= 0.3 is 0 Å². The molecule has 4 heteroatoms. The molecule has 0 saturated heterocycles. The van der Waals surface area contributed by atoms with Crippen LogP contribution < -0.4 is 5.73 Å². The first-order valence-electron chi connectivity index (χ1n) is 4.57. The largest absolute Gasteiger partial charge is 0.359 e. The van der Waals surface area contributed by atoms with E-state index < -0.39 is 0 Å². The molecule has 14 heavy (non-hydrogen) atoms. The van der Waals surface area contributed by atoms with Crippen LogP contribution >= 0.6 is 0 Å². The second-order valence-electron chi connectivity index (χ2n) is 3.33. The smallest absolute Gasteiger partial charge is 0.156 e. The molecule has 0 spiro atoms. The van der Waals surface area contributed by atoms with Crippen LogP contribution in [0.2, 0.25) is 0 Å². The molecule has 4 nitrogen and oxygen atoms in total. The van der Waals surface area contributed by atoms with E-state index in [4.69, 9.17) is 10.3 Å². The maximum Gasteiger partial charge on any atom is 0.156 e. The van der Waals surface area contributed by atoms with Gasteiger partial charge in [0, 0.05) is 24.0 Å². The Morgan fingerprint density at radius 1 is 1.57 bits per heavy atom. The Morgan fingerprint density at radius 3 is 3.07 bits per heavy atom. The van der Waals surface area contributed by atoms with Crippen molar-refractivity contribution in [3.8, 4) is 0 Å². The molecule has 0 amide bonds. The number of hydrogen-bond acceptors (Lipinski definition) is 3.